The molecule has 3 heteroatoms. The summed E-state index contributed by atoms with van der Waals surface area (Å²) in [6, 6.07) is 9.69. The second kappa shape index (κ2) is 7.04. The number of hydrogen-bond acceptors (Lipinski definition) is 0. The molecule has 21 heavy (non-hydrogen) atoms. The molecule has 0 saturated carbocycles. The third-order valence-corrected chi connectivity index (χ3v) is 4.11. The molecule has 0 fully saturated rings. The van der Waals surface area contributed by atoms with E-state index in [1.165, 1.54) is 12.1 Å². The third-order valence-electron chi connectivity index (χ3n) is 3.79. The summed E-state index contributed by atoms with van der Waals surface area (Å²) in [6.45, 7) is 4.07. The van der Waals surface area contributed by atoms with Crippen LogP contribution < -0.4 is 0 Å². The molecule has 0 aliphatic carbocycles. The van der Waals surface area contributed by atoms with Crippen LogP contribution in [0.3, 0.4) is 0 Å². The summed E-state index contributed by atoms with van der Waals surface area (Å²) in [4.78, 5) is 0. The molecule has 1 unspecified atom stereocenters. The van der Waals surface area contributed by atoms with Gasteiger partial charge in [-0.1, -0.05) is 37.6 Å². The lowest BCUT2D eigenvalue weighted by Crippen LogP contribution is -1.99. The highest BCUT2D eigenvalue weighted by Gasteiger charge is 2.11. The number of benzene rings is 2. The van der Waals surface area contributed by atoms with Crippen molar-refractivity contribution in [1.29, 1.82) is 0 Å². The summed E-state index contributed by atoms with van der Waals surface area (Å²) >= 11 is 6.08. The van der Waals surface area contributed by atoms with Gasteiger partial charge in [0.05, 0.1) is 0 Å². The molecule has 0 spiro atoms. The Morgan fingerprint density at radius 2 is 1.71 bits per heavy atom. The number of hydrogen-bond donors (Lipinski definition) is 0. The van der Waals surface area contributed by atoms with E-state index < -0.39 is 0 Å². The van der Waals surface area contributed by atoms with Crippen LogP contribution in [0.4, 0.5) is 8.78 Å². The molecule has 2 rings (SSSR count). The molecular weight excluding hydrogens is 290 g/mol. The van der Waals surface area contributed by atoms with E-state index in [1.54, 1.807) is 18.2 Å². The lowest BCUT2D eigenvalue weighted by Gasteiger charge is -2.14. The van der Waals surface area contributed by atoms with Gasteiger partial charge in [0.2, 0.25) is 0 Å². The first-order valence-corrected chi connectivity index (χ1v) is 7.60. The SMILES string of the molecule is CCc1cc(F)cc(CCC(C)c2ccc(F)cc2Cl)c1. The average molecular weight is 309 g/mol. The first kappa shape index (κ1) is 16.0. The van der Waals surface area contributed by atoms with Crippen LogP contribution >= 0.6 is 11.6 Å². The van der Waals surface area contributed by atoms with Crippen molar-refractivity contribution < 1.29 is 8.78 Å². The molecule has 0 N–H and O–H groups in total. The van der Waals surface area contributed by atoms with Crippen LogP contribution in [0.15, 0.2) is 36.4 Å². The van der Waals surface area contributed by atoms with Gasteiger partial charge in [0.15, 0.2) is 0 Å². The minimum absolute atomic E-state index is 0.184. The third kappa shape index (κ3) is 4.28. The highest BCUT2D eigenvalue weighted by Crippen LogP contribution is 2.28. The summed E-state index contributed by atoms with van der Waals surface area (Å²) < 4.78 is 26.6. The Labute approximate surface area is 129 Å². The Balaban J connectivity index is 2.07. The van der Waals surface area contributed by atoms with Gasteiger partial charge < -0.3 is 0 Å². The molecule has 0 aromatic heterocycles. The molecule has 0 saturated heterocycles. The van der Waals surface area contributed by atoms with Gasteiger partial charge in [-0.3, -0.25) is 0 Å². The van der Waals surface area contributed by atoms with Crippen molar-refractivity contribution in [1.82, 2.24) is 0 Å². The van der Waals surface area contributed by atoms with E-state index in [0.29, 0.717) is 5.02 Å². The van der Waals surface area contributed by atoms with Crippen LogP contribution in [0.2, 0.25) is 5.02 Å². The molecule has 0 aliphatic rings. The van der Waals surface area contributed by atoms with Crippen LogP contribution in [0.5, 0.6) is 0 Å². The summed E-state index contributed by atoms with van der Waals surface area (Å²) in [5.74, 6) is -0.308. The van der Waals surface area contributed by atoms with Crippen LogP contribution in [0.25, 0.3) is 0 Å². The fourth-order valence-corrected chi connectivity index (χ4v) is 2.86. The van der Waals surface area contributed by atoms with Gasteiger partial charge in [-0.25, -0.2) is 8.78 Å². The van der Waals surface area contributed by atoms with Crippen molar-refractivity contribution in [3.8, 4) is 0 Å². The van der Waals surface area contributed by atoms with E-state index in [9.17, 15) is 8.78 Å². The van der Waals surface area contributed by atoms with E-state index >= 15 is 0 Å². The molecule has 0 amide bonds. The summed E-state index contributed by atoms with van der Waals surface area (Å²) in [6.07, 6.45) is 2.45. The van der Waals surface area contributed by atoms with E-state index in [0.717, 1.165) is 36.0 Å². The van der Waals surface area contributed by atoms with Crippen molar-refractivity contribution in [2.24, 2.45) is 0 Å². The van der Waals surface area contributed by atoms with Gasteiger partial charge >= 0.3 is 0 Å². The Bertz CT molecular complexity index is 623. The van der Waals surface area contributed by atoms with Gasteiger partial charge in [0.25, 0.3) is 0 Å². The zero-order valence-electron chi connectivity index (χ0n) is 12.3. The maximum Gasteiger partial charge on any atom is 0.124 e. The highest BCUT2D eigenvalue weighted by atomic mass is 35.5. The lowest BCUT2D eigenvalue weighted by molar-refractivity contribution is 0.615. The standard InChI is InChI=1S/C18H19ClF2/c1-3-13-8-14(10-16(21)9-13)5-4-12(2)17-7-6-15(20)11-18(17)19/h6-12H,3-5H2,1-2H3. The predicted molar refractivity (Wildman–Crippen MR) is 83.9 cm³/mol. The molecule has 112 valence electrons. The zero-order valence-corrected chi connectivity index (χ0v) is 13.1. The van der Waals surface area contributed by atoms with Crippen LogP contribution in [-0.2, 0) is 12.8 Å². The number of aryl methyl sites for hydroxylation is 2. The van der Waals surface area contributed by atoms with E-state index in [4.69, 9.17) is 11.6 Å². The zero-order chi connectivity index (χ0) is 15.4. The topological polar surface area (TPSA) is 0 Å². The Morgan fingerprint density at radius 1 is 1.00 bits per heavy atom. The van der Waals surface area contributed by atoms with Gasteiger partial charge in [-0.2, -0.15) is 0 Å². The smallest absolute Gasteiger partial charge is 0.124 e. The molecule has 0 radical (unpaired) electrons. The van der Waals surface area contributed by atoms with Crippen molar-refractivity contribution in [3.63, 3.8) is 0 Å². The van der Waals surface area contributed by atoms with Crippen LogP contribution in [0.1, 0.15) is 42.9 Å². The number of rotatable bonds is 5. The Hall–Kier alpha value is -1.41. The predicted octanol–water partition coefficient (Wildman–Crippen LogP) is 5.92. The fraction of sp³-hybridized carbons (Fsp3) is 0.333. The molecule has 2 aromatic carbocycles. The van der Waals surface area contributed by atoms with Crippen LogP contribution in [-0.4, -0.2) is 0 Å². The fourth-order valence-electron chi connectivity index (χ4n) is 2.51. The molecule has 0 heterocycles. The molecule has 2 aromatic rings. The monoisotopic (exact) mass is 308 g/mol. The van der Waals surface area contributed by atoms with Gasteiger partial charge in [-0.05, 0) is 66.1 Å². The van der Waals surface area contributed by atoms with Crippen molar-refractivity contribution in [2.75, 3.05) is 0 Å². The van der Waals surface area contributed by atoms with Crippen molar-refractivity contribution in [2.45, 2.75) is 39.0 Å². The average Bonchev–Trinajstić information content (AvgIpc) is 2.44. The molecule has 1 atom stereocenters. The van der Waals surface area contributed by atoms with E-state index in [1.807, 2.05) is 13.0 Å². The largest absolute Gasteiger partial charge is 0.207 e. The molecule has 0 aliphatic heterocycles. The van der Waals surface area contributed by atoms with Gasteiger partial charge in [-0.15, -0.1) is 0 Å². The first-order valence-electron chi connectivity index (χ1n) is 7.23. The minimum Gasteiger partial charge on any atom is -0.207 e. The summed E-state index contributed by atoms with van der Waals surface area (Å²) in [5.41, 5.74) is 2.94. The Morgan fingerprint density at radius 3 is 2.38 bits per heavy atom. The lowest BCUT2D eigenvalue weighted by atomic mass is 9.93. The van der Waals surface area contributed by atoms with Gasteiger partial charge in [0, 0.05) is 5.02 Å². The normalized spacial score (nSPS) is 12.4. The second-order valence-corrected chi connectivity index (χ2v) is 5.83. The van der Waals surface area contributed by atoms with Gasteiger partial charge in [0.1, 0.15) is 11.6 Å². The summed E-state index contributed by atoms with van der Waals surface area (Å²) in [5, 5.41) is 0.455. The minimum atomic E-state index is -0.325. The maximum absolute atomic E-state index is 13.5. The first-order chi connectivity index (χ1) is 9.99. The van der Waals surface area contributed by atoms with Crippen molar-refractivity contribution >= 4 is 11.6 Å². The highest BCUT2D eigenvalue weighted by molar-refractivity contribution is 6.31. The van der Waals surface area contributed by atoms with E-state index in [2.05, 4.69) is 6.92 Å². The molecule has 0 nitrogen and oxygen atoms in total. The van der Waals surface area contributed by atoms with Crippen molar-refractivity contribution in [3.05, 3.63) is 69.7 Å². The maximum atomic E-state index is 13.5. The second-order valence-electron chi connectivity index (χ2n) is 5.43. The van der Waals surface area contributed by atoms with E-state index in [-0.39, 0.29) is 17.6 Å². The van der Waals surface area contributed by atoms with Crippen LogP contribution in [0, 0.1) is 11.6 Å². The Kier molecular flexibility index (Phi) is 5.35. The number of halogens is 3. The molecular formula is C18H19ClF2. The quantitative estimate of drug-likeness (QED) is 0.643. The molecule has 0 bridgehead atoms. The summed E-state index contributed by atoms with van der Waals surface area (Å²) in [7, 11) is 0.